The van der Waals surface area contributed by atoms with E-state index >= 15 is 0 Å². The fraction of sp³-hybridized carbons (Fsp3) is 0.304. The third-order valence-corrected chi connectivity index (χ3v) is 5.83. The van der Waals surface area contributed by atoms with E-state index in [0.717, 1.165) is 11.8 Å². The maximum Gasteiger partial charge on any atom is 0.416 e. The Morgan fingerprint density at radius 2 is 1.94 bits per heavy atom. The Balaban J connectivity index is 1.51. The Kier molecular flexibility index (Phi) is 5.34. The van der Waals surface area contributed by atoms with E-state index in [1.807, 2.05) is 19.2 Å². The number of fused-ring (bicyclic) bond motifs is 1. The summed E-state index contributed by atoms with van der Waals surface area (Å²) < 4.78 is 62.5. The van der Waals surface area contributed by atoms with Crippen molar-refractivity contribution in [3.63, 3.8) is 0 Å². The normalized spacial score (nSPS) is 15.9. The van der Waals surface area contributed by atoms with E-state index in [2.05, 4.69) is 20.1 Å². The van der Waals surface area contributed by atoms with Crippen LogP contribution < -0.4 is 4.74 Å². The molecule has 176 valence electrons. The summed E-state index contributed by atoms with van der Waals surface area (Å²) in [6.45, 7) is 2.45. The molecule has 1 aliphatic rings. The van der Waals surface area contributed by atoms with Gasteiger partial charge in [-0.3, -0.25) is 0 Å². The van der Waals surface area contributed by atoms with Gasteiger partial charge in [-0.1, -0.05) is 6.07 Å². The summed E-state index contributed by atoms with van der Waals surface area (Å²) in [5, 5.41) is 4.53. The van der Waals surface area contributed by atoms with Gasteiger partial charge in [-0.15, -0.1) is 5.10 Å². The minimum absolute atomic E-state index is 0.171. The van der Waals surface area contributed by atoms with Gasteiger partial charge < -0.3 is 9.30 Å². The molecule has 34 heavy (non-hydrogen) atoms. The lowest BCUT2D eigenvalue weighted by molar-refractivity contribution is -0.137. The molecule has 0 radical (unpaired) electrons. The van der Waals surface area contributed by atoms with Crippen molar-refractivity contribution in [3.8, 4) is 23.1 Å². The number of pyridine rings is 1. The molecule has 1 unspecified atom stereocenters. The van der Waals surface area contributed by atoms with E-state index in [-0.39, 0.29) is 5.56 Å². The molecule has 0 saturated carbocycles. The maximum absolute atomic E-state index is 14.7. The van der Waals surface area contributed by atoms with Crippen LogP contribution in [0.15, 0.2) is 42.9 Å². The lowest BCUT2D eigenvalue weighted by Crippen LogP contribution is -2.19. The lowest BCUT2D eigenvalue weighted by Gasteiger charge is -2.23. The zero-order chi connectivity index (χ0) is 24.0. The number of imidazole rings is 1. The topological polar surface area (TPSA) is 70.7 Å². The highest BCUT2D eigenvalue weighted by Gasteiger charge is 2.33. The second kappa shape index (κ2) is 8.23. The lowest BCUT2D eigenvalue weighted by atomic mass is 9.90. The number of rotatable bonds is 4. The Morgan fingerprint density at radius 1 is 1.12 bits per heavy atom. The van der Waals surface area contributed by atoms with Crippen molar-refractivity contribution in [3.05, 3.63) is 71.3 Å². The Morgan fingerprint density at radius 3 is 2.62 bits per heavy atom. The number of ether oxygens (including phenoxy) is 1. The number of benzene rings is 1. The van der Waals surface area contributed by atoms with Crippen LogP contribution in [0.5, 0.6) is 5.88 Å². The molecule has 11 heteroatoms. The zero-order valence-electron chi connectivity index (χ0n) is 18.3. The molecule has 0 fully saturated rings. The average molecular weight is 472 g/mol. The van der Waals surface area contributed by atoms with Gasteiger partial charge in [-0.25, -0.2) is 24.0 Å². The molecule has 4 aromatic rings. The maximum atomic E-state index is 14.7. The molecule has 1 aromatic carbocycles. The second-order valence-corrected chi connectivity index (χ2v) is 8.09. The summed E-state index contributed by atoms with van der Waals surface area (Å²) in [5.41, 5.74) is 1.16. The van der Waals surface area contributed by atoms with Crippen molar-refractivity contribution >= 4 is 0 Å². The molecule has 1 aliphatic heterocycles. The first-order valence-electron chi connectivity index (χ1n) is 10.6. The molecule has 0 spiro atoms. The molecule has 0 saturated heterocycles. The molecule has 0 N–H and O–H groups in total. The number of nitrogens with zero attached hydrogens (tertiary/aromatic N) is 6. The molecule has 0 aliphatic carbocycles. The summed E-state index contributed by atoms with van der Waals surface area (Å²) in [4.78, 5) is 13.3. The monoisotopic (exact) mass is 472 g/mol. The second-order valence-electron chi connectivity index (χ2n) is 8.09. The zero-order valence-corrected chi connectivity index (χ0v) is 18.3. The molecule has 0 bridgehead atoms. The molecule has 0 amide bonds. The first-order valence-corrected chi connectivity index (χ1v) is 10.6. The number of hydrogen-bond donors (Lipinski definition) is 0. The van der Waals surface area contributed by atoms with Crippen LogP contribution in [0.25, 0.3) is 17.2 Å². The smallest absolute Gasteiger partial charge is 0.416 e. The van der Waals surface area contributed by atoms with Crippen molar-refractivity contribution in [2.24, 2.45) is 0 Å². The molecule has 3 aromatic heterocycles. The number of aryl methyl sites for hydroxylation is 2. The van der Waals surface area contributed by atoms with Crippen molar-refractivity contribution in [1.29, 1.82) is 0 Å². The SMILES string of the molecule is COc1nc(-c2nc3n(n2)CCCC3c2ccc(C(F)(F)F)cc2F)ccc1-n1cnc(C)c1. The van der Waals surface area contributed by atoms with Gasteiger partial charge in [0.15, 0.2) is 5.82 Å². The van der Waals surface area contributed by atoms with E-state index in [1.165, 1.54) is 13.2 Å². The van der Waals surface area contributed by atoms with Crippen LogP contribution in [0, 0.1) is 12.7 Å². The molecule has 5 rings (SSSR count). The minimum atomic E-state index is -4.61. The van der Waals surface area contributed by atoms with Crippen LogP contribution in [0.3, 0.4) is 0 Å². The standard InChI is InChI=1S/C23H20F4N6O/c1-13-11-32(12-28-13)19-8-7-18(29-22(19)34-2)20-30-21-16(4-3-9-33(21)31-20)15-6-5-14(10-17(15)24)23(25,26)27/h5-8,10-12,16H,3-4,9H2,1-2H3. The quantitative estimate of drug-likeness (QED) is 0.394. The third-order valence-electron chi connectivity index (χ3n) is 5.83. The molecular formula is C23H20F4N6O. The number of hydrogen-bond acceptors (Lipinski definition) is 5. The van der Waals surface area contributed by atoms with Crippen molar-refractivity contribution in [2.75, 3.05) is 7.11 Å². The van der Waals surface area contributed by atoms with E-state index in [1.54, 1.807) is 21.6 Å². The van der Waals surface area contributed by atoms with Crippen LogP contribution in [-0.2, 0) is 12.7 Å². The molecule has 4 heterocycles. The molecule has 1 atom stereocenters. The average Bonchev–Trinajstić information content (AvgIpc) is 3.44. The van der Waals surface area contributed by atoms with E-state index in [0.29, 0.717) is 54.4 Å². The Labute approximate surface area is 192 Å². The summed E-state index contributed by atoms with van der Waals surface area (Å²) in [6, 6.07) is 6.19. The summed E-state index contributed by atoms with van der Waals surface area (Å²) in [5.74, 6) is -0.228. The van der Waals surface area contributed by atoms with Gasteiger partial charge in [0.25, 0.3) is 0 Å². The third kappa shape index (κ3) is 3.91. The summed E-state index contributed by atoms with van der Waals surface area (Å²) in [7, 11) is 1.51. The summed E-state index contributed by atoms with van der Waals surface area (Å²) >= 11 is 0. The molecule has 7 nitrogen and oxygen atoms in total. The highest BCUT2D eigenvalue weighted by Crippen LogP contribution is 2.37. The Hall–Kier alpha value is -3.76. The van der Waals surface area contributed by atoms with Crippen LogP contribution >= 0.6 is 0 Å². The first-order chi connectivity index (χ1) is 16.2. The van der Waals surface area contributed by atoms with Crippen LogP contribution in [0.4, 0.5) is 17.6 Å². The van der Waals surface area contributed by atoms with Gasteiger partial charge in [0.05, 0.1) is 24.7 Å². The van der Waals surface area contributed by atoms with Crippen LogP contribution in [0.1, 0.15) is 41.4 Å². The van der Waals surface area contributed by atoms with Gasteiger partial charge in [-0.05, 0) is 49.6 Å². The minimum Gasteiger partial charge on any atom is -0.479 e. The van der Waals surface area contributed by atoms with Gasteiger partial charge in [0.1, 0.15) is 23.0 Å². The number of alkyl halides is 3. The van der Waals surface area contributed by atoms with Gasteiger partial charge >= 0.3 is 6.18 Å². The summed E-state index contributed by atoms with van der Waals surface area (Å²) in [6.07, 6.45) is 0.138. The van der Waals surface area contributed by atoms with E-state index in [9.17, 15) is 17.6 Å². The highest BCUT2D eigenvalue weighted by atomic mass is 19.4. The number of aromatic nitrogens is 6. The van der Waals surface area contributed by atoms with Crippen LogP contribution in [-0.4, -0.2) is 36.4 Å². The fourth-order valence-electron chi connectivity index (χ4n) is 4.20. The van der Waals surface area contributed by atoms with Gasteiger partial charge in [0.2, 0.25) is 5.88 Å². The van der Waals surface area contributed by atoms with Gasteiger partial charge in [-0.2, -0.15) is 13.2 Å². The fourth-order valence-corrected chi connectivity index (χ4v) is 4.20. The largest absolute Gasteiger partial charge is 0.479 e. The van der Waals surface area contributed by atoms with Crippen molar-refractivity contribution < 1.29 is 22.3 Å². The van der Waals surface area contributed by atoms with E-state index < -0.39 is 23.5 Å². The van der Waals surface area contributed by atoms with Gasteiger partial charge in [0, 0.05) is 18.7 Å². The van der Waals surface area contributed by atoms with Crippen molar-refractivity contribution in [1.82, 2.24) is 29.3 Å². The molecular weight excluding hydrogens is 452 g/mol. The highest BCUT2D eigenvalue weighted by molar-refractivity contribution is 5.55. The Bertz CT molecular complexity index is 1360. The van der Waals surface area contributed by atoms with Crippen LogP contribution in [0.2, 0.25) is 0 Å². The number of halogens is 4. The predicted molar refractivity (Wildman–Crippen MR) is 114 cm³/mol. The first kappa shape index (κ1) is 22.1. The van der Waals surface area contributed by atoms with Crippen molar-refractivity contribution in [2.45, 2.75) is 38.4 Å². The van der Waals surface area contributed by atoms with E-state index in [4.69, 9.17) is 4.74 Å². The number of methoxy groups -OCH3 is 1. The predicted octanol–water partition coefficient (Wildman–Crippen LogP) is 4.93.